The minimum Gasteiger partial charge on any atom is -0.342 e. The van der Waals surface area contributed by atoms with E-state index in [1.165, 1.54) is 5.56 Å². The number of carbonyl (C=O) groups excluding carboxylic acids is 1. The van der Waals surface area contributed by atoms with Crippen molar-refractivity contribution in [3.63, 3.8) is 0 Å². The highest BCUT2D eigenvalue weighted by Crippen LogP contribution is 2.28. The summed E-state index contributed by atoms with van der Waals surface area (Å²) < 4.78 is 0. The van der Waals surface area contributed by atoms with Crippen molar-refractivity contribution in [1.29, 1.82) is 0 Å². The quantitative estimate of drug-likeness (QED) is 0.903. The summed E-state index contributed by atoms with van der Waals surface area (Å²) in [5.74, 6) is 1.25. The van der Waals surface area contributed by atoms with Gasteiger partial charge in [-0.15, -0.1) is 0 Å². The van der Waals surface area contributed by atoms with E-state index < -0.39 is 0 Å². The molecule has 1 aromatic rings. The second kappa shape index (κ2) is 8.13. The van der Waals surface area contributed by atoms with Gasteiger partial charge in [-0.05, 0) is 50.6 Å². The molecule has 4 nitrogen and oxygen atoms in total. The summed E-state index contributed by atoms with van der Waals surface area (Å²) in [6.07, 6.45) is 5.14. The van der Waals surface area contributed by atoms with E-state index in [2.05, 4.69) is 47.2 Å². The summed E-state index contributed by atoms with van der Waals surface area (Å²) in [6.45, 7) is 3.97. The Morgan fingerprint density at radius 1 is 1.17 bits per heavy atom. The third kappa shape index (κ3) is 4.58. The summed E-state index contributed by atoms with van der Waals surface area (Å²) in [7, 11) is 2.20. The number of amides is 1. The zero-order valence-corrected chi connectivity index (χ0v) is 14.9. The fourth-order valence-corrected chi connectivity index (χ4v) is 4.24. The summed E-state index contributed by atoms with van der Waals surface area (Å²) in [6, 6.07) is 10.9. The van der Waals surface area contributed by atoms with E-state index in [9.17, 15) is 4.79 Å². The van der Waals surface area contributed by atoms with Gasteiger partial charge in [0.2, 0.25) is 5.91 Å². The van der Waals surface area contributed by atoms with Crippen LogP contribution in [0.15, 0.2) is 30.3 Å². The fourth-order valence-electron chi connectivity index (χ4n) is 4.24. The Morgan fingerprint density at radius 3 is 2.50 bits per heavy atom. The molecule has 0 aromatic heterocycles. The van der Waals surface area contributed by atoms with Crippen molar-refractivity contribution < 1.29 is 4.79 Å². The Hall–Kier alpha value is -1.39. The van der Waals surface area contributed by atoms with Gasteiger partial charge in [0, 0.05) is 38.1 Å². The molecule has 1 aliphatic heterocycles. The Kier molecular flexibility index (Phi) is 5.90. The minimum atomic E-state index is 0.192. The van der Waals surface area contributed by atoms with Crippen molar-refractivity contribution >= 4 is 5.91 Å². The molecule has 4 heteroatoms. The molecule has 1 saturated heterocycles. The zero-order valence-electron chi connectivity index (χ0n) is 14.9. The predicted octanol–water partition coefficient (Wildman–Crippen LogP) is 2.48. The average molecular weight is 329 g/mol. The van der Waals surface area contributed by atoms with Gasteiger partial charge in [-0.3, -0.25) is 4.79 Å². The Balaban J connectivity index is 1.41. The topological polar surface area (TPSA) is 49.6 Å². The van der Waals surface area contributed by atoms with Gasteiger partial charge in [-0.1, -0.05) is 30.3 Å². The molecule has 132 valence electrons. The van der Waals surface area contributed by atoms with E-state index in [1.54, 1.807) is 0 Å². The monoisotopic (exact) mass is 329 g/mol. The van der Waals surface area contributed by atoms with Crippen molar-refractivity contribution in [2.45, 2.75) is 44.7 Å². The van der Waals surface area contributed by atoms with Crippen LogP contribution in [0, 0.1) is 11.8 Å². The molecule has 0 radical (unpaired) electrons. The molecule has 2 N–H and O–H groups in total. The zero-order chi connectivity index (χ0) is 16.9. The highest BCUT2D eigenvalue weighted by molar-refractivity contribution is 5.79. The molecule has 2 unspecified atom stereocenters. The minimum absolute atomic E-state index is 0.192. The lowest BCUT2D eigenvalue weighted by atomic mass is 9.94. The highest BCUT2D eigenvalue weighted by Gasteiger charge is 2.32. The van der Waals surface area contributed by atoms with Crippen LogP contribution >= 0.6 is 0 Å². The third-order valence-corrected chi connectivity index (χ3v) is 5.61. The Labute approximate surface area is 146 Å². The number of hydrogen-bond donors (Lipinski definition) is 1. The van der Waals surface area contributed by atoms with Gasteiger partial charge in [0.05, 0.1) is 0 Å². The second-order valence-corrected chi connectivity index (χ2v) is 7.72. The molecule has 2 fully saturated rings. The first-order chi connectivity index (χ1) is 11.6. The first-order valence-electron chi connectivity index (χ1n) is 9.38. The second-order valence-electron chi connectivity index (χ2n) is 7.72. The summed E-state index contributed by atoms with van der Waals surface area (Å²) >= 11 is 0. The normalized spacial score (nSPS) is 25.4. The molecule has 2 atom stereocenters. The number of nitrogens with two attached hydrogens (primary N) is 1. The first kappa shape index (κ1) is 17.4. The van der Waals surface area contributed by atoms with Crippen molar-refractivity contribution in [2.24, 2.45) is 17.6 Å². The molecule has 0 bridgehead atoms. The average Bonchev–Trinajstić information content (AvgIpc) is 3.02. The smallest absolute Gasteiger partial charge is 0.225 e. The number of piperidine rings is 1. The molecule has 3 rings (SSSR count). The molecule has 1 heterocycles. The number of likely N-dealkylation sites (tertiary alicyclic amines) is 1. The van der Waals surface area contributed by atoms with E-state index >= 15 is 0 Å². The number of carbonyl (C=O) groups is 1. The van der Waals surface area contributed by atoms with Crippen LogP contribution in [0.1, 0.15) is 37.7 Å². The van der Waals surface area contributed by atoms with Crippen LogP contribution in [-0.4, -0.2) is 48.4 Å². The largest absolute Gasteiger partial charge is 0.342 e. The lowest BCUT2D eigenvalue weighted by Crippen LogP contribution is -2.43. The molecular weight excluding hydrogens is 298 g/mol. The van der Waals surface area contributed by atoms with Crippen LogP contribution in [-0.2, 0) is 11.3 Å². The van der Waals surface area contributed by atoms with Crippen LogP contribution < -0.4 is 5.73 Å². The molecule has 2 aliphatic rings. The molecule has 1 aromatic carbocycles. The molecule has 1 saturated carbocycles. The van der Waals surface area contributed by atoms with Crippen LogP contribution in [0.25, 0.3) is 0 Å². The van der Waals surface area contributed by atoms with Gasteiger partial charge < -0.3 is 15.5 Å². The van der Waals surface area contributed by atoms with Gasteiger partial charge in [-0.2, -0.15) is 0 Å². The molecular formula is C20H31N3O. The fraction of sp³-hybridized carbons (Fsp3) is 0.650. The van der Waals surface area contributed by atoms with Crippen molar-refractivity contribution in [1.82, 2.24) is 9.80 Å². The molecule has 1 amide bonds. The van der Waals surface area contributed by atoms with Crippen molar-refractivity contribution in [3.05, 3.63) is 35.9 Å². The van der Waals surface area contributed by atoms with Gasteiger partial charge in [0.1, 0.15) is 0 Å². The van der Waals surface area contributed by atoms with Gasteiger partial charge in [0.15, 0.2) is 0 Å². The number of nitrogens with zero attached hydrogens (tertiary/aromatic N) is 2. The first-order valence-corrected chi connectivity index (χ1v) is 9.38. The van der Waals surface area contributed by atoms with E-state index in [0.29, 0.717) is 11.8 Å². The molecule has 1 aliphatic carbocycles. The van der Waals surface area contributed by atoms with Gasteiger partial charge in [0.25, 0.3) is 0 Å². The maximum atomic E-state index is 12.6. The molecule has 0 spiro atoms. The van der Waals surface area contributed by atoms with Crippen LogP contribution in [0.4, 0.5) is 0 Å². The number of benzene rings is 1. The van der Waals surface area contributed by atoms with E-state index in [0.717, 1.165) is 58.3 Å². The number of rotatable bonds is 5. The SMILES string of the molecule is CN(Cc1ccccc1)CC1CCN(C(=O)C2CCC(N)C2)CC1. The van der Waals surface area contributed by atoms with E-state index in [-0.39, 0.29) is 12.0 Å². The molecule has 24 heavy (non-hydrogen) atoms. The van der Waals surface area contributed by atoms with E-state index in [1.807, 2.05) is 0 Å². The Bertz CT molecular complexity index is 525. The van der Waals surface area contributed by atoms with Gasteiger partial charge >= 0.3 is 0 Å². The van der Waals surface area contributed by atoms with Gasteiger partial charge in [-0.25, -0.2) is 0 Å². The van der Waals surface area contributed by atoms with Crippen LogP contribution in [0.2, 0.25) is 0 Å². The summed E-state index contributed by atoms with van der Waals surface area (Å²) in [5.41, 5.74) is 7.32. The maximum Gasteiger partial charge on any atom is 0.225 e. The third-order valence-electron chi connectivity index (χ3n) is 5.61. The summed E-state index contributed by atoms with van der Waals surface area (Å²) in [4.78, 5) is 17.1. The van der Waals surface area contributed by atoms with E-state index in [4.69, 9.17) is 5.73 Å². The van der Waals surface area contributed by atoms with Crippen LogP contribution in [0.5, 0.6) is 0 Å². The highest BCUT2D eigenvalue weighted by atomic mass is 16.2. The lowest BCUT2D eigenvalue weighted by molar-refractivity contribution is -0.136. The lowest BCUT2D eigenvalue weighted by Gasteiger charge is -2.35. The summed E-state index contributed by atoms with van der Waals surface area (Å²) in [5, 5.41) is 0. The van der Waals surface area contributed by atoms with Crippen molar-refractivity contribution in [2.75, 3.05) is 26.7 Å². The van der Waals surface area contributed by atoms with Crippen molar-refractivity contribution in [3.8, 4) is 0 Å². The Morgan fingerprint density at radius 2 is 1.88 bits per heavy atom. The standard InChI is InChI=1S/C20H31N3O/c1-22(14-16-5-3-2-4-6-16)15-17-9-11-23(12-10-17)20(24)18-7-8-19(21)13-18/h2-6,17-19H,7-15,21H2,1H3. The predicted molar refractivity (Wildman–Crippen MR) is 97.4 cm³/mol. The number of hydrogen-bond acceptors (Lipinski definition) is 3. The van der Waals surface area contributed by atoms with Crippen LogP contribution in [0.3, 0.4) is 0 Å². The maximum absolute atomic E-state index is 12.6.